The first-order valence-corrected chi connectivity index (χ1v) is 11.5. The lowest BCUT2D eigenvalue weighted by molar-refractivity contribution is -0.124. The molecule has 1 fully saturated rings. The molecule has 2 aliphatic rings. The van der Waals surface area contributed by atoms with Crippen LogP contribution >= 0.6 is 0 Å². The van der Waals surface area contributed by atoms with E-state index >= 15 is 0 Å². The first kappa shape index (κ1) is 24.5. The van der Waals surface area contributed by atoms with Gasteiger partial charge in [-0.3, -0.25) is 14.4 Å². The van der Waals surface area contributed by atoms with E-state index in [1.165, 1.54) is 25.3 Å². The number of hydrogen-bond donors (Lipinski definition) is 2. The number of methoxy groups -OCH3 is 1. The molecule has 1 saturated heterocycles. The van der Waals surface area contributed by atoms with Crippen LogP contribution < -0.4 is 20.1 Å². The molecule has 0 aromatic heterocycles. The summed E-state index contributed by atoms with van der Waals surface area (Å²) in [4.78, 5) is 40.3. The third-order valence-corrected chi connectivity index (χ3v) is 6.21. The number of halogens is 1. The molecule has 186 valence electrons. The maximum atomic E-state index is 14.1. The smallest absolute Gasteiger partial charge is 0.256 e. The van der Waals surface area contributed by atoms with Gasteiger partial charge < -0.3 is 29.7 Å². The molecule has 2 aromatic carbocycles. The van der Waals surface area contributed by atoms with E-state index in [0.717, 1.165) is 0 Å². The molecule has 1 atom stereocenters. The molecular formula is C25H28FN3O6. The monoisotopic (exact) mass is 485 g/mol. The Morgan fingerprint density at radius 1 is 1.11 bits per heavy atom. The number of amides is 3. The number of likely N-dealkylation sites (tertiary alicyclic amines) is 1. The van der Waals surface area contributed by atoms with E-state index in [2.05, 4.69) is 10.6 Å². The lowest BCUT2D eigenvalue weighted by Crippen LogP contribution is -2.54. The van der Waals surface area contributed by atoms with E-state index in [0.29, 0.717) is 56.1 Å². The van der Waals surface area contributed by atoms with Gasteiger partial charge in [-0.2, -0.15) is 0 Å². The van der Waals surface area contributed by atoms with Gasteiger partial charge in [-0.15, -0.1) is 0 Å². The maximum absolute atomic E-state index is 14.1. The SMILES string of the molecule is COCCNC(=O)[C@@H](NC(=O)c1ccc2c(c1)OCO2)C1CCN(C(=O)c2ccccc2F)CC1. The fraction of sp³-hybridized carbons (Fsp3) is 0.400. The Morgan fingerprint density at radius 2 is 1.86 bits per heavy atom. The van der Waals surface area contributed by atoms with Crippen LogP contribution in [0.15, 0.2) is 42.5 Å². The molecule has 35 heavy (non-hydrogen) atoms. The molecule has 0 aliphatic carbocycles. The zero-order valence-corrected chi connectivity index (χ0v) is 19.4. The number of rotatable bonds is 8. The van der Waals surface area contributed by atoms with Crippen molar-refractivity contribution in [2.45, 2.75) is 18.9 Å². The Hall–Kier alpha value is -3.66. The second-order valence-electron chi connectivity index (χ2n) is 8.41. The van der Waals surface area contributed by atoms with E-state index in [-0.39, 0.29) is 30.1 Å². The number of fused-ring (bicyclic) bond motifs is 1. The Kier molecular flexibility index (Phi) is 7.81. The Morgan fingerprint density at radius 3 is 2.60 bits per heavy atom. The van der Waals surface area contributed by atoms with Gasteiger partial charge in [0.15, 0.2) is 11.5 Å². The van der Waals surface area contributed by atoms with Crippen LogP contribution in [-0.4, -0.2) is 68.8 Å². The standard InChI is InChI=1S/C25H28FN3O6/c1-33-13-10-27-24(31)22(28-23(30)17-6-7-20-21(14-17)35-15-34-20)16-8-11-29(12-9-16)25(32)18-4-2-3-5-19(18)26/h2-7,14,16,22H,8-13,15H2,1H3,(H,27,31)(H,28,30)/t22-/m0/s1. The molecular weight excluding hydrogens is 457 g/mol. The fourth-order valence-corrected chi connectivity index (χ4v) is 4.29. The van der Waals surface area contributed by atoms with Crippen molar-refractivity contribution in [2.24, 2.45) is 5.92 Å². The molecule has 2 heterocycles. The van der Waals surface area contributed by atoms with Gasteiger partial charge >= 0.3 is 0 Å². The molecule has 10 heteroatoms. The van der Waals surface area contributed by atoms with Crippen molar-refractivity contribution in [3.63, 3.8) is 0 Å². The molecule has 0 unspecified atom stereocenters. The fourth-order valence-electron chi connectivity index (χ4n) is 4.29. The summed E-state index contributed by atoms with van der Waals surface area (Å²) in [7, 11) is 1.54. The molecule has 0 bridgehead atoms. The van der Waals surface area contributed by atoms with Crippen molar-refractivity contribution >= 4 is 17.7 Å². The van der Waals surface area contributed by atoms with Crippen LogP contribution in [0.1, 0.15) is 33.6 Å². The number of carbonyl (C=O) groups excluding carboxylic acids is 3. The Labute approximate surface area is 202 Å². The molecule has 9 nitrogen and oxygen atoms in total. The van der Waals surface area contributed by atoms with E-state index < -0.39 is 17.8 Å². The highest BCUT2D eigenvalue weighted by atomic mass is 19.1. The zero-order chi connectivity index (χ0) is 24.8. The van der Waals surface area contributed by atoms with Gasteiger partial charge in [0.1, 0.15) is 11.9 Å². The van der Waals surface area contributed by atoms with Gasteiger partial charge in [-0.05, 0) is 49.1 Å². The molecule has 0 spiro atoms. The van der Waals surface area contributed by atoms with E-state index in [1.54, 1.807) is 29.2 Å². The molecule has 3 amide bonds. The number of nitrogens with one attached hydrogen (secondary N) is 2. The number of ether oxygens (including phenoxy) is 3. The van der Waals surface area contributed by atoms with Gasteiger partial charge in [0.2, 0.25) is 12.7 Å². The maximum Gasteiger partial charge on any atom is 0.256 e. The molecule has 2 N–H and O–H groups in total. The van der Waals surface area contributed by atoms with Gasteiger partial charge in [0.25, 0.3) is 11.8 Å². The molecule has 2 aromatic rings. The second-order valence-corrected chi connectivity index (χ2v) is 8.41. The van der Waals surface area contributed by atoms with Crippen molar-refractivity contribution in [1.29, 1.82) is 0 Å². The number of piperidine rings is 1. The predicted molar refractivity (Wildman–Crippen MR) is 124 cm³/mol. The molecule has 0 saturated carbocycles. The molecule has 2 aliphatic heterocycles. The largest absolute Gasteiger partial charge is 0.454 e. The summed E-state index contributed by atoms with van der Waals surface area (Å²) in [6.45, 7) is 1.43. The Bertz CT molecular complexity index is 1090. The lowest BCUT2D eigenvalue weighted by Gasteiger charge is -2.36. The van der Waals surface area contributed by atoms with Gasteiger partial charge in [-0.25, -0.2) is 4.39 Å². The number of benzene rings is 2. The lowest BCUT2D eigenvalue weighted by atomic mass is 9.88. The minimum Gasteiger partial charge on any atom is -0.454 e. The minimum absolute atomic E-state index is 0.0240. The zero-order valence-electron chi connectivity index (χ0n) is 19.4. The van der Waals surface area contributed by atoms with Crippen LogP contribution in [0.2, 0.25) is 0 Å². The summed E-state index contributed by atoms with van der Waals surface area (Å²) in [5.74, 6) is -0.866. The second kappa shape index (κ2) is 11.2. The van der Waals surface area contributed by atoms with Gasteiger partial charge in [0.05, 0.1) is 12.2 Å². The van der Waals surface area contributed by atoms with Crippen molar-refractivity contribution in [3.8, 4) is 11.5 Å². The van der Waals surface area contributed by atoms with Crippen LogP contribution in [-0.2, 0) is 9.53 Å². The quantitative estimate of drug-likeness (QED) is 0.554. The average Bonchev–Trinajstić information content (AvgIpc) is 3.35. The summed E-state index contributed by atoms with van der Waals surface area (Å²) in [6.07, 6.45) is 0.952. The van der Waals surface area contributed by atoms with Crippen molar-refractivity contribution in [2.75, 3.05) is 40.1 Å². The summed E-state index contributed by atoms with van der Waals surface area (Å²) in [5, 5.41) is 5.65. The highest BCUT2D eigenvalue weighted by molar-refractivity contribution is 5.98. The van der Waals surface area contributed by atoms with Crippen LogP contribution in [0.3, 0.4) is 0 Å². The van der Waals surface area contributed by atoms with Gasteiger partial charge in [0, 0.05) is 32.3 Å². The number of hydrogen-bond acceptors (Lipinski definition) is 6. The normalized spacial score (nSPS) is 16.0. The van der Waals surface area contributed by atoms with Crippen molar-refractivity contribution in [3.05, 3.63) is 59.4 Å². The van der Waals surface area contributed by atoms with E-state index in [1.807, 2.05) is 0 Å². The first-order chi connectivity index (χ1) is 17.0. The van der Waals surface area contributed by atoms with Crippen LogP contribution in [0, 0.1) is 11.7 Å². The van der Waals surface area contributed by atoms with E-state index in [4.69, 9.17) is 14.2 Å². The van der Waals surface area contributed by atoms with Crippen molar-refractivity contribution in [1.82, 2.24) is 15.5 Å². The van der Waals surface area contributed by atoms with Gasteiger partial charge in [-0.1, -0.05) is 12.1 Å². The summed E-state index contributed by atoms with van der Waals surface area (Å²) >= 11 is 0. The van der Waals surface area contributed by atoms with E-state index in [9.17, 15) is 18.8 Å². The Balaban J connectivity index is 1.44. The highest BCUT2D eigenvalue weighted by Gasteiger charge is 2.34. The summed E-state index contributed by atoms with van der Waals surface area (Å²) < 4.78 is 29.7. The molecule has 0 radical (unpaired) electrons. The van der Waals surface area contributed by atoms with Crippen LogP contribution in [0.25, 0.3) is 0 Å². The summed E-state index contributed by atoms with van der Waals surface area (Å²) in [5.41, 5.74) is 0.368. The number of carbonyl (C=O) groups is 3. The van der Waals surface area contributed by atoms with Crippen molar-refractivity contribution < 1.29 is 33.0 Å². The first-order valence-electron chi connectivity index (χ1n) is 11.5. The minimum atomic E-state index is -0.810. The highest BCUT2D eigenvalue weighted by Crippen LogP contribution is 2.32. The number of nitrogens with zero attached hydrogens (tertiary/aromatic N) is 1. The van der Waals surface area contributed by atoms with Crippen LogP contribution in [0.4, 0.5) is 4.39 Å². The van der Waals surface area contributed by atoms with Crippen LogP contribution in [0.5, 0.6) is 11.5 Å². The predicted octanol–water partition coefficient (Wildman–Crippen LogP) is 1.97. The molecule has 4 rings (SSSR count). The topological polar surface area (TPSA) is 106 Å². The third-order valence-electron chi connectivity index (χ3n) is 6.21. The third kappa shape index (κ3) is 5.71. The summed E-state index contributed by atoms with van der Waals surface area (Å²) in [6, 6.07) is 9.90. The average molecular weight is 486 g/mol.